The third-order valence-corrected chi connectivity index (χ3v) is 3.64. The molecule has 0 radical (unpaired) electrons. The number of ether oxygens (including phenoxy) is 1. The fraction of sp³-hybridized carbons (Fsp3) is 0.529. The molecule has 1 aliphatic rings. The van der Waals surface area contributed by atoms with Crippen LogP contribution in [0.25, 0.3) is 0 Å². The van der Waals surface area contributed by atoms with E-state index < -0.39 is 0 Å². The fourth-order valence-electron chi connectivity index (χ4n) is 2.75. The molecule has 1 aromatic rings. The SMILES string of the molecule is CC(=O)N1c2ccccc2N(C(=O)COCC(C)C)CC1C. The van der Waals surface area contributed by atoms with Crippen molar-refractivity contribution in [3.05, 3.63) is 24.3 Å². The van der Waals surface area contributed by atoms with Crippen LogP contribution in [-0.4, -0.2) is 37.6 Å². The van der Waals surface area contributed by atoms with E-state index in [2.05, 4.69) is 0 Å². The molecule has 0 saturated heterocycles. The van der Waals surface area contributed by atoms with Gasteiger partial charge in [0, 0.05) is 20.1 Å². The Kier molecular flexibility index (Phi) is 5.19. The number of carbonyl (C=O) groups excluding carboxylic acids is 2. The Morgan fingerprint density at radius 2 is 1.91 bits per heavy atom. The molecule has 5 heteroatoms. The van der Waals surface area contributed by atoms with Gasteiger partial charge in [-0.05, 0) is 25.0 Å². The first-order chi connectivity index (χ1) is 10.4. The van der Waals surface area contributed by atoms with E-state index in [0.717, 1.165) is 11.4 Å². The number of amides is 2. The summed E-state index contributed by atoms with van der Waals surface area (Å²) in [6.45, 7) is 8.72. The maximum atomic E-state index is 12.5. The third kappa shape index (κ3) is 3.47. The average molecular weight is 304 g/mol. The minimum atomic E-state index is -0.0665. The molecule has 2 rings (SSSR count). The van der Waals surface area contributed by atoms with Crippen molar-refractivity contribution in [3.63, 3.8) is 0 Å². The second-order valence-electron chi connectivity index (χ2n) is 6.14. The fourth-order valence-corrected chi connectivity index (χ4v) is 2.75. The predicted molar refractivity (Wildman–Crippen MR) is 87.1 cm³/mol. The van der Waals surface area contributed by atoms with Gasteiger partial charge in [-0.15, -0.1) is 0 Å². The highest BCUT2D eigenvalue weighted by molar-refractivity contribution is 6.04. The van der Waals surface area contributed by atoms with Gasteiger partial charge in [-0.3, -0.25) is 9.59 Å². The largest absolute Gasteiger partial charge is 0.371 e. The van der Waals surface area contributed by atoms with Gasteiger partial charge in [-0.2, -0.15) is 0 Å². The molecular weight excluding hydrogens is 280 g/mol. The van der Waals surface area contributed by atoms with Crippen LogP contribution in [0.1, 0.15) is 27.7 Å². The van der Waals surface area contributed by atoms with Crippen molar-refractivity contribution in [1.29, 1.82) is 0 Å². The zero-order valence-electron chi connectivity index (χ0n) is 13.7. The molecule has 0 saturated carbocycles. The molecule has 0 bridgehead atoms. The van der Waals surface area contributed by atoms with Gasteiger partial charge >= 0.3 is 0 Å². The molecule has 0 fully saturated rings. The Morgan fingerprint density at radius 1 is 1.27 bits per heavy atom. The summed E-state index contributed by atoms with van der Waals surface area (Å²) < 4.78 is 5.46. The maximum absolute atomic E-state index is 12.5. The standard InChI is InChI=1S/C17H24N2O3/c1-12(2)10-22-11-17(21)18-9-13(3)19(14(4)20)16-8-6-5-7-15(16)18/h5-8,12-13H,9-11H2,1-4H3. The molecule has 0 spiro atoms. The molecule has 1 atom stereocenters. The van der Waals surface area contributed by atoms with Crippen molar-refractivity contribution in [2.24, 2.45) is 5.92 Å². The summed E-state index contributed by atoms with van der Waals surface area (Å²) in [6.07, 6.45) is 0. The first kappa shape index (κ1) is 16.5. The van der Waals surface area contributed by atoms with E-state index in [1.165, 1.54) is 0 Å². The van der Waals surface area contributed by atoms with Crippen LogP contribution in [-0.2, 0) is 14.3 Å². The molecule has 0 N–H and O–H groups in total. The highest BCUT2D eigenvalue weighted by atomic mass is 16.5. The molecule has 22 heavy (non-hydrogen) atoms. The number of carbonyl (C=O) groups is 2. The van der Waals surface area contributed by atoms with Crippen molar-refractivity contribution in [2.75, 3.05) is 29.6 Å². The summed E-state index contributed by atoms with van der Waals surface area (Å²) in [4.78, 5) is 27.8. The molecule has 1 aromatic carbocycles. The number of fused-ring (bicyclic) bond motifs is 1. The lowest BCUT2D eigenvalue weighted by atomic mass is 10.1. The number of benzene rings is 1. The van der Waals surface area contributed by atoms with Gasteiger partial charge in [-0.25, -0.2) is 0 Å². The first-order valence-electron chi connectivity index (χ1n) is 7.68. The molecule has 0 aliphatic carbocycles. The number of nitrogens with zero attached hydrogens (tertiary/aromatic N) is 2. The van der Waals surface area contributed by atoms with E-state index in [1.807, 2.05) is 45.0 Å². The van der Waals surface area contributed by atoms with Crippen LogP contribution in [0.4, 0.5) is 11.4 Å². The van der Waals surface area contributed by atoms with Crippen LogP contribution in [0.3, 0.4) is 0 Å². The zero-order chi connectivity index (χ0) is 16.3. The van der Waals surface area contributed by atoms with Crippen LogP contribution in [0, 0.1) is 5.92 Å². The van der Waals surface area contributed by atoms with Gasteiger partial charge in [-0.1, -0.05) is 26.0 Å². The number of hydrogen-bond acceptors (Lipinski definition) is 3. The van der Waals surface area contributed by atoms with Crippen molar-refractivity contribution in [2.45, 2.75) is 33.7 Å². The smallest absolute Gasteiger partial charge is 0.253 e. The minimum Gasteiger partial charge on any atom is -0.371 e. The van der Waals surface area contributed by atoms with E-state index in [-0.39, 0.29) is 24.5 Å². The van der Waals surface area contributed by atoms with Crippen molar-refractivity contribution >= 4 is 23.2 Å². The molecule has 1 heterocycles. The van der Waals surface area contributed by atoms with Crippen molar-refractivity contribution in [3.8, 4) is 0 Å². The van der Waals surface area contributed by atoms with E-state index in [0.29, 0.717) is 19.1 Å². The minimum absolute atomic E-state index is 0.0110. The van der Waals surface area contributed by atoms with E-state index >= 15 is 0 Å². The number of rotatable bonds is 4. The Balaban J connectivity index is 2.21. The topological polar surface area (TPSA) is 49.9 Å². The molecular formula is C17H24N2O3. The molecule has 1 aliphatic heterocycles. The molecule has 2 amide bonds. The number of anilines is 2. The Bertz CT molecular complexity index is 557. The summed E-state index contributed by atoms with van der Waals surface area (Å²) in [7, 11) is 0. The van der Waals surface area contributed by atoms with E-state index in [9.17, 15) is 9.59 Å². The van der Waals surface area contributed by atoms with E-state index in [1.54, 1.807) is 16.7 Å². The lowest BCUT2D eigenvalue weighted by molar-refractivity contribution is -0.124. The average Bonchev–Trinajstić information content (AvgIpc) is 2.45. The van der Waals surface area contributed by atoms with Gasteiger partial charge in [0.2, 0.25) is 5.91 Å². The molecule has 0 aromatic heterocycles. The second kappa shape index (κ2) is 6.92. The summed E-state index contributed by atoms with van der Waals surface area (Å²) in [5.41, 5.74) is 1.56. The summed E-state index contributed by atoms with van der Waals surface area (Å²) in [5.74, 6) is 0.319. The van der Waals surface area contributed by atoms with Gasteiger partial charge in [0.05, 0.1) is 17.4 Å². The van der Waals surface area contributed by atoms with E-state index in [4.69, 9.17) is 4.74 Å². The van der Waals surface area contributed by atoms with Gasteiger partial charge in [0.25, 0.3) is 5.91 Å². The number of para-hydroxylation sites is 2. The molecule has 1 unspecified atom stereocenters. The van der Waals surface area contributed by atoms with Gasteiger partial charge in [0.15, 0.2) is 0 Å². The summed E-state index contributed by atoms with van der Waals surface area (Å²) in [5, 5.41) is 0. The maximum Gasteiger partial charge on any atom is 0.253 e. The van der Waals surface area contributed by atoms with Crippen LogP contribution in [0.15, 0.2) is 24.3 Å². The quantitative estimate of drug-likeness (QED) is 0.858. The Labute approximate surface area is 131 Å². The first-order valence-corrected chi connectivity index (χ1v) is 7.68. The van der Waals surface area contributed by atoms with Crippen LogP contribution < -0.4 is 9.80 Å². The summed E-state index contributed by atoms with van der Waals surface area (Å²) in [6, 6.07) is 7.45. The molecule has 5 nitrogen and oxygen atoms in total. The van der Waals surface area contributed by atoms with Crippen LogP contribution >= 0.6 is 0 Å². The monoisotopic (exact) mass is 304 g/mol. The van der Waals surface area contributed by atoms with Gasteiger partial charge < -0.3 is 14.5 Å². The van der Waals surface area contributed by atoms with Crippen molar-refractivity contribution in [1.82, 2.24) is 0 Å². The van der Waals surface area contributed by atoms with Crippen LogP contribution in [0.5, 0.6) is 0 Å². The zero-order valence-corrected chi connectivity index (χ0v) is 13.7. The lowest BCUT2D eigenvalue weighted by Crippen LogP contribution is -2.52. The van der Waals surface area contributed by atoms with Crippen molar-refractivity contribution < 1.29 is 14.3 Å². The second-order valence-corrected chi connectivity index (χ2v) is 6.14. The van der Waals surface area contributed by atoms with Crippen LogP contribution in [0.2, 0.25) is 0 Å². The normalized spacial score (nSPS) is 17.6. The van der Waals surface area contributed by atoms with Gasteiger partial charge in [0.1, 0.15) is 6.61 Å². The highest BCUT2D eigenvalue weighted by Crippen LogP contribution is 2.35. The lowest BCUT2D eigenvalue weighted by Gasteiger charge is -2.40. The summed E-state index contributed by atoms with van der Waals surface area (Å²) >= 11 is 0. The molecule has 120 valence electrons. The Hall–Kier alpha value is -1.88. The highest BCUT2D eigenvalue weighted by Gasteiger charge is 2.33. The number of hydrogen-bond donors (Lipinski definition) is 0. The predicted octanol–water partition coefficient (Wildman–Crippen LogP) is 2.45. The third-order valence-electron chi connectivity index (χ3n) is 3.64. The Morgan fingerprint density at radius 3 is 2.50 bits per heavy atom.